The summed E-state index contributed by atoms with van der Waals surface area (Å²) in [6, 6.07) is 46.9. The van der Waals surface area contributed by atoms with Gasteiger partial charge in [0.15, 0.2) is 16.9 Å². The first-order chi connectivity index (χ1) is 29.3. The average molecular weight is 853 g/mol. The number of β-lactam (4-membered cyclic amide) rings is 1. The molecule has 3 heterocycles. The van der Waals surface area contributed by atoms with Gasteiger partial charge in [0.2, 0.25) is 6.41 Å². The van der Waals surface area contributed by atoms with Gasteiger partial charge in [0.25, 0.3) is 11.8 Å². The Labute approximate surface area is 355 Å². The number of aromatic nitrogens is 1. The Morgan fingerprint density at radius 2 is 1.42 bits per heavy atom. The first kappa shape index (κ1) is 40.4. The summed E-state index contributed by atoms with van der Waals surface area (Å²) < 4.78 is 6.52. The predicted molar refractivity (Wildman–Crippen MR) is 239 cm³/mol. The van der Waals surface area contributed by atoms with E-state index in [0.717, 1.165) is 43.9 Å². The van der Waals surface area contributed by atoms with E-state index in [9.17, 15) is 14.4 Å². The number of amides is 3. The number of fused-ring (bicyclic) bond motifs is 1. The van der Waals surface area contributed by atoms with Crippen molar-refractivity contribution in [1.29, 1.82) is 0 Å². The Hall–Kier alpha value is -6.40. The van der Waals surface area contributed by atoms with Gasteiger partial charge in [-0.15, -0.1) is 23.1 Å². The molecular formula is C46H39N5O6PS2+. The average Bonchev–Trinajstić information content (AvgIpc) is 3.77. The zero-order valence-electron chi connectivity index (χ0n) is 32.5. The highest BCUT2D eigenvalue weighted by molar-refractivity contribution is 8.00. The first-order valence-corrected chi connectivity index (χ1v) is 23.1. The molecule has 2 aliphatic rings. The van der Waals surface area contributed by atoms with Crippen LogP contribution in [-0.4, -0.2) is 70.7 Å². The van der Waals surface area contributed by atoms with Gasteiger partial charge >= 0.3 is 5.97 Å². The molecule has 1 unspecified atom stereocenters. The van der Waals surface area contributed by atoms with Crippen molar-refractivity contribution in [3.63, 3.8) is 0 Å². The monoisotopic (exact) mass is 852 g/mol. The van der Waals surface area contributed by atoms with Crippen LogP contribution in [0.4, 0.5) is 5.13 Å². The van der Waals surface area contributed by atoms with Crippen molar-refractivity contribution in [3.8, 4) is 0 Å². The lowest BCUT2D eigenvalue weighted by Crippen LogP contribution is -2.71. The molecule has 300 valence electrons. The number of nitrogens with zero attached hydrogens (tertiary/aromatic N) is 3. The minimum atomic E-state index is -2.33. The number of benzene rings is 5. The molecule has 0 spiro atoms. The summed E-state index contributed by atoms with van der Waals surface area (Å²) >= 11 is 2.55. The molecule has 6 aromatic rings. The number of carbonyl (C=O) groups excluding carboxylic acids is 4. The van der Waals surface area contributed by atoms with Crippen LogP contribution in [0, 0.1) is 0 Å². The highest BCUT2D eigenvalue weighted by Gasteiger charge is 2.56. The summed E-state index contributed by atoms with van der Waals surface area (Å²) in [6.07, 6.45) is -0.298. The lowest BCUT2D eigenvalue weighted by atomic mass is 9.98. The van der Waals surface area contributed by atoms with E-state index in [1.807, 2.05) is 115 Å². The third-order valence-electron chi connectivity index (χ3n) is 10.5. The van der Waals surface area contributed by atoms with Gasteiger partial charge in [-0.1, -0.05) is 120 Å². The molecule has 60 heavy (non-hydrogen) atoms. The number of ether oxygens (including phenoxy) is 1. The van der Waals surface area contributed by atoms with E-state index < -0.39 is 42.6 Å². The van der Waals surface area contributed by atoms with Gasteiger partial charge in [0.05, 0.1) is 6.66 Å². The molecule has 2 atom stereocenters. The maximum atomic E-state index is 15.1. The molecule has 2 aliphatic heterocycles. The van der Waals surface area contributed by atoms with Crippen LogP contribution in [0.2, 0.25) is 0 Å². The van der Waals surface area contributed by atoms with Crippen molar-refractivity contribution < 1.29 is 28.8 Å². The Bertz CT molecular complexity index is 2510. The molecule has 1 saturated heterocycles. The molecule has 2 N–H and O–H groups in total. The van der Waals surface area contributed by atoms with E-state index in [2.05, 4.69) is 57.8 Å². The smallest absolute Gasteiger partial charge is 0.356 e. The number of nitrogens with one attached hydrogen (secondary N) is 2. The topological polar surface area (TPSA) is 139 Å². The van der Waals surface area contributed by atoms with Crippen molar-refractivity contribution in [2.45, 2.75) is 17.5 Å². The van der Waals surface area contributed by atoms with E-state index in [-0.39, 0.29) is 22.2 Å². The predicted octanol–water partition coefficient (Wildman–Crippen LogP) is 6.13. The fraction of sp³-hybridized carbons (Fsp3) is 0.130. The number of thioether (sulfide) groups is 1. The summed E-state index contributed by atoms with van der Waals surface area (Å²) in [5, 5.41) is 13.7. The molecule has 1 fully saturated rings. The Kier molecular flexibility index (Phi) is 12.0. The van der Waals surface area contributed by atoms with Gasteiger partial charge in [-0.2, -0.15) is 0 Å². The molecule has 1 aromatic heterocycles. The van der Waals surface area contributed by atoms with E-state index in [1.165, 1.54) is 23.8 Å². The summed E-state index contributed by atoms with van der Waals surface area (Å²) in [7, 11) is -1.04. The highest BCUT2D eigenvalue weighted by Crippen LogP contribution is 2.54. The van der Waals surface area contributed by atoms with Crippen LogP contribution in [-0.2, 0) is 28.8 Å². The normalized spacial score (nSPS) is 16.4. The number of anilines is 1. The molecule has 8 rings (SSSR count). The SMILES string of the molecule is CON=C(C(=O)NC1C(=O)N2C(C(=O)OC(c3ccccc3)c3ccccc3)=C(c3ccccc3[P+](C)(c3ccccc3)c3ccccc3)CS[C@H]12)c1csc(NC=O)n1. The molecule has 0 radical (unpaired) electrons. The van der Waals surface area contributed by atoms with E-state index >= 15 is 4.79 Å². The van der Waals surface area contributed by atoms with Crippen molar-refractivity contribution in [1.82, 2.24) is 15.2 Å². The van der Waals surface area contributed by atoms with Crippen LogP contribution in [0.3, 0.4) is 0 Å². The summed E-state index contributed by atoms with van der Waals surface area (Å²) in [6.45, 7) is 2.29. The summed E-state index contributed by atoms with van der Waals surface area (Å²) in [5.74, 6) is -1.53. The van der Waals surface area contributed by atoms with Crippen molar-refractivity contribution in [2.75, 3.05) is 24.8 Å². The van der Waals surface area contributed by atoms with Gasteiger partial charge in [-0.3, -0.25) is 19.3 Å². The summed E-state index contributed by atoms with van der Waals surface area (Å²) in [4.78, 5) is 65.1. The van der Waals surface area contributed by atoms with E-state index in [1.54, 1.807) is 5.38 Å². The number of rotatable bonds is 14. The standard InChI is InChI=1S/C46H38N5O6PS2/c1-56-50-38(36-28-60-46(48-36)47-29-52)42(53)49-39-43(54)51-40(45(55)57-41(30-17-7-3-8-18-30)31-19-9-4-10-20-31)35(27-59-44(39)51)34-25-15-16-26-37(34)58(2,32-21-11-5-12-22-32)33-23-13-6-14-24-33/h3-26,28-29,39,41,44H,27H2,1-2H3,(H-,47,48,49,52,53)/p+1/t39?,44-/m1/s1. The maximum absolute atomic E-state index is 15.1. The first-order valence-electron chi connectivity index (χ1n) is 19.0. The number of carbonyl (C=O) groups is 4. The second-order valence-corrected chi connectivity index (χ2v) is 19.4. The van der Waals surface area contributed by atoms with Crippen LogP contribution in [0.5, 0.6) is 0 Å². The Morgan fingerprint density at radius 3 is 2.00 bits per heavy atom. The second-order valence-electron chi connectivity index (χ2n) is 13.9. The van der Waals surface area contributed by atoms with Crippen LogP contribution in [0.25, 0.3) is 5.57 Å². The Morgan fingerprint density at radius 1 is 0.850 bits per heavy atom. The molecular weight excluding hydrogens is 814 g/mol. The lowest BCUT2D eigenvalue weighted by Gasteiger charge is -2.50. The quantitative estimate of drug-likeness (QED) is 0.0334. The lowest BCUT2D eigenvalue weighted by molar-refractivity contribution is -0.154. The Balaban J connectivity index is 1.23. The molecule has 5 aromatic carbocycles. The van der Waals surface area contributed by atoms with Crippen LogP contribution >= 0.6 is 30.4 Å². The number of thiazole rings is 1. The molecule has 0 bridgehead atoms. The molecule has 3 amide bonds. The number of hydrogen-bond donors (Lipinski definition) is 2. The van der Waals surface area contributed by atoms with Crippen LogP contribution < -0.4 is 26.5 Å². The molecule has 0 aliphatic carbocycles. The fourth-order valence-corrected chi connectivity index (χ4v) is 13.1. The van der Waals surface area contributed by atoms with E-state index in [4.69, 9.17) is 9.57 Å². The third kappa shape index (κ3) is 7.75. The van der Waals surface area contributed by atoms with Gasteiger partial charge in [-0.25, -0.2) is 9.78 Å². The van der Waals surface area contributed by atoms with Crippen LogP contribution in [0.1, 0.15) is 28.5 Å². The zero-order valence-corrected chi connectivity index (χ0v) is 35.0. The van der Waals surface area contributed by atoms with Gasteiger partial charge in [-0.05, 0) is 41.5 Å². The van der Waals surface area contributed by atoms with Gasteiger partial charge in [0, 0.05) is 22.3 Å². The second kappa shape index (κ2) is 17.8. The number of hydrogen-bond acceptors (Lipinski definition) is 10. The maximum Gasteiger partial charge on any atom is 0.356 e. The van der Waals surface area contributed by atoms with Crippen molar-refractivity contribution in [3.05, 3.63) is 179 Å². The highest BCUT2D eigenvalue weighted by atomic mass is 32.2. The number of esters is 1. The zero-order chi connectivity index (χ0) is 41.6. The van der Waals surface area contributed by atoms with Crippen molar-refractivity contribution in [2.24, 2.45) is 5.16 Å². The summed E-state index contributed by atoms with van der Waals surface area (Å²) in [5.41, 5.74) is 3.14. The minimum absolute atomic E-state index is 0.126. The van der Waals surface area contributed by atoms with Crippen LogP contribution in [0.15, 0.2) is 162 Å². The fourth-order valence-electron chi connectivity index (χ4n) is 7.56. The van der Waals surface area contributed by atoms with Crippen molar-refractivity contribution >= 4 is 86.9 Å². The molecule has 11 nitrogen and oxygen atoms in total. The largest absolute Gasteiger partial charge is 0.448 e. The van der Waals surface area contributed by atoms with Gasteiger partial charge in [0.1, 0.15) is 53.1 Å². The molecule has 0 saturated carbocycles. The minimum Gasteiger partial charge on any atom is -0.448 e. The molecule has 14 heteroatoms. The van der Waals surface area contributed by atoms with E-state index in [0.29, 0.717) is 17.7 Å². The third-order valence-corrected chi connectivity index (χ3v) is 16.5. The number of oxime groups is 1. The van der Waals surface area contributed by atoms with Gasteiger partial charge < -0.3 is 20.2 Å².